The Bertz CT molecular complexity index is 729. The number of carbonyl (C=O) groups excluding carboxylic acids is 3. The number of esters is 1. The second-order valence-corrected chi connectivity index (χ2v) is 6.18. The van der Waals surface area contributed by atoms with Gasteiger partial charge in [-0.15, -0.1) is 0 Å². The van der Waals surface area contributed by atoms with E-state index in [2.05, 4.69) is 0 Å². The molecule has 2 amide bonds. The number of unbranched alkanes of at least 4 members (excludes halogenated alkanes) is 1. The molecule has 1 heterocycles. The van der Waals surface area contributed by atoms with E-state index >= 15 is 0 Å². The number of nitrogens with zero attached hydrogens (tertiary/aromatic N) is 2. The monoisotopic (exact) mass is 364 g/mol. The summed E-state index contributed by atoms with van der Waals surface area (Å²) in [5, 5.41) is 10.1. The number of amides is 2. The smallest absolute Gasteiger partial charge is 0.326 e. The van der Waals surface area contributed by atoms with E-state index in [0.29, 0.717) is 23.7 Å². The maximum Gasteiger partial charge on any atom is 0.326 e. The molecule has 1 fully saturated rings. The van der Waals surface area contributed by atoms with E-state index in [1.54, 1.807) is 0 Å². The molecular formula is C16H16N2O6S. The van der Waals surface area contributed by atoms with Gasteiger partial charge in [-0.1, -0.05) is 13.3 Å². The van der Waals surface area contributed by atoms with E-state index in [1.165, 1.54) is 30.3 Å². The van der Waals surface area contributed by atoms with Gasteiger partial charge < -0.3 is 4.74 Å². The van der Waals surface area contributed by atoms with Crippen LogP contribution in [0, 0.1) is 10.1 Å². The van der Waals surface area contributed by atoms with Crippen molar-refractivity contribution in [1.82, 2.24) is 4.90 Å². The van der Waals surface area contributed by atoms with Gasteiger partial charge in [-0.2, -0.15) is 0 Å². The number of nitro groups is 1. The van der Waals surface area contributed by atoms with Crippen molar-refractivity contribution in [3.05, 3.63) is 44.8 Å². The van der Waals surface area contributed by atoms with E-state index in [1.807, 2.05) is 6.92 Å². The topological polar surface area (TPSA) is 107 Å². The van der Waals surface area contributed by atoms with Gasteiger partial charge in [0, 0.05) is 12.1 Å². The highest BCUT2D eigenvalue weighted by Gasteiger charge is 2.36. The van der Waals surface area contributed by atoms with Crippen molar-refractivity contribution in [3.8, 4) is 0 Å². The third-order valence-corrected chi connectivity index (χ3v) is 4.23. The number of nitro benzene ring substituents is 1. The first kappa shape index (κ1) is 18.7. The highest BCUT2D eigenvalue weighted by molar-refractivity contribution is 8.18. The quantitative estimate of drug-likeness (QED) is 0.241. The Labute approximate surface area is 148 Å². The maximum atomic E-state index is 12.3. The molecule has 1 saturated heterocycles. The van der Waals surface area contributed by atoms with Gasteiger partial charge in [0.05, 0.1) is 16.4 Å². The molecule has 0 N–H and O–H groups in total. The van der Waals surface area contributed by atoms with Crippen LogP contribution in [0.2, 0.25) is 0 Å². The van der Waals surface area contributed by atoms with Crippen molar-refractivity contribution < 1.29 is 24.0 Å². The van der Waals surface area contributed by atoms with Crippen molar-refractivity contribution in [2.75, 3.05) is 13.2 Å². The lowest BCUT2D eigenvalue weighted by Gasteiger charge is -2.11. The number of ether oxygens (including phenoxy) is 1. The average Bonchev–Trinajstić information content (AvgIpc) is 2.83. The molecular weight excluding hydrogens is 348 g/mol. The summed E-state index contributed by atoms with van der Waals surface area (Å²) in [6.07, 6.45) is 3.04. The minimum Gasteiger partial charge on any atom is -0.464 e. The van der Waals surface area contributed by atoms with Crippen LogP contribution >= 0.6 is 11.8 Å². The Balaban J connectivity index is 2.04. The summed E-state index contributed by atoms with van der Waals surface area (Å²) in [6, 6.07) is 5.57. The van der Waals surface area contributed by atoms with Crippen LogP contribution in [0.5, 0.6) is 0 Å². The van der Waals surface area contributed by atoms with E-state index in [-0.39, 0.29) is 17.2 Å². The fourth-order valence-electron chi connectivity index (χ4n) is 1.99. The summed E-state index contributed by atoms with van der Waals surface area (Å²) in [4.78, 5) is 46.9. The number of thioether (sulfide) groups is 1. The van der Waals surface area contributed by atoms with Gasteiger partial charge in [-0.25, -0.2) is 0 Å². The van der Waals surface area contributed by atoms with Crippen LogP contribution in [-0.2, 0) is 14.3 Å². The molecule has 0 saturated carbocycles. The number of imide groups is 1. The second-order valence-electron chi connectivity index (χ2n) is 5.19. The van der Waals surface area contributed by atoms with Gasteiger partial charge in [0.1, 0.15) is 6.54 Å². The summed E-state index contributed by atoms with van der Waals surface area (Å²) >= 11 is 0.714. The zero-order valence-electron chi connectivity index (χ0n) is 13.5. The third kappa shape index (κ3) is 4.90. The Morgan fingerprint density at radius 1 is 1.32 bits per heavy atom. The van der Waals surface area contributed by atoms with Crippen LogP contribution in [0.25, 0.3) is 6.08 Å². The van der Waals surface area contributed by atoms with Crippen molar-refractivity contribution in [3.63, 3.8) is 0 Å². The van der Waals surface area contributed by atoms with Gasteiger partial charge in [0.2, 0.25) is 0 Å². The largest absolute Gasteiger partial charge is 0.464 e. The van der Waals surface area contributed by atoms with Crippen molar-refractivity contribution in [1.29, 1.82) is 0 Å². The summed E-state index contributed by atoms with van der Waals surface area (Å²) in [5.41, 5.74) is 0.474. The van der Waals surface area contributed by atoms with Crippen LogP contribution in [0.1, 0.15) is 25.3 Å². The Morgan fingerprint density at radius 2 is 2.00 bits per heavy atom. The van der Waals surface area contributed by atoms with E-state index in [4.69, 9.17) is 4.74 Å². The molecule has 0 bridgehead atoms. The molecule has 132 valence electrons. The molecule has 0 unspecified atom stereocenters. The van der Waals surface area contributed by atoms with E-state index in [9.17, 15) is 24.5 Å². The van der Waals surface area contributed by atoms with Gasteiger partial charge in [-0.05, 0) is 42.0 Å². The van der Waals surface area contributed by atoms with Crippen molar-refractivity contribution in [2.45, 2.75) is 19.8 Å². The lowest BCUT2D eigenvalue weighted by molar-refractivity contribution is -0.384. The van der Waals surface area contributed by atoms with Gasteiger partial charge in [0.15, 0.2) is 0 Å². The molecule has 1 aliphatic rings. The molecule has 0 radical (unpaired) electrons. The SMILES string of the molecule is CCCCOC(=O)CN1C(=O)S/C(=C/c2ccc([N+](=O)[O-])cc2)C1=O. The standard InChI is InChI=1S/C16H16N2O6S/c1-2-3-8-24-14(19)10-17-15(20)13(25-16(17)21)9-11-4-6-12(7-5-11)18(22)23/h4-7,9H,2-3,8,10H2,1H3/b13-9+. The van der Waals surface area contributed by atoms with Gasteiger partial charge in [-0.3, -0.25) is 29.4 Å². The van der Waals surface area contributed by atoms with Gasteiger partial charge >= 0.3 is 5.97 Å². The second kappa shape index (κ2) is 8.43. The number of benzene rings is 1. The minimum atomic E-state index is -0.632. The van der Waals surface area contributed by atoms with Crippen LogP contribution in [0.15, 0.2) is 29.2 Å². The van der Waals surface area contributed by atoms with Crippen LogP contribution in [0.3, 0.4) is 0 Å². The van der Waals surface area contributed by atoms with Crippen molar-refractivity contribution >= 4 is 40.6 Å². The Hall–Kier alpha value is -2.68. The fourth-order valence-corrected chi connectivity index (χ4v) is 2.82. The molecule has 25 heavy (non-hydrogen) atoms. The molecule has 0 spiro atoms. The average molecular weight is 364 g/mol. The maximum absolute atomic E-state index is 12.3. The first-order valence-corrected chi connectivity index (χ1v) is 8.39. The molecule has 0 aliphatic carbocycles. The number of rotatable bonds is 7. The first-order valence-electron chi connectivity index (χ1n) is 7.57. The molecule has 1 aromatic rings. The zero-order chi connectivity index (χ0) is 18.4. The Kier molecular flexibility index (Phi) is 6.29. The molecule has 1 aromatic carbocycles. The van der Waals surface area contributed by atoms with Crippen LogP contribution < -0.4 is 0 Å². The third-order valence-electron chi connectivity index (χ3n) is 3.32. The lowest BCUT2D eigenvalue weighted by atomic mass is 10.2. The minimum absolute atomic E-state index is 0.0694. The van der Waals surface area contributed by atoms with Crippen LogP contribution in [-0.4, -0.2) is 40.1 Å². The summed E-state index contributed by atoms with van der Waals surface area (Å²) in [7, 11) is 0. The summed E-state index contributed by atoms with van der Waals surface area (Å²) in [5.74, 6) is -1.21. The zero-order valence-corrected chi connectivity index (χ0v) is 14.3. The summed E-state index contributed by atoms with van der Waals surface area (Å²) < 4.78 is 4.95. The highest BCUT2D eigenvalue weighted by Crippen LogP contribution is 2.32. The number of non-ortho nitro benzene ring substituents is 1. The molecule has 9 heteroatoms. The summed E-state index contributed by atoms with van der Waals surface area (Å²) in [6.45, 7) is 1.78. The molecule has 8 nitrogen and oxygen atoms in total. The first-order chi connectivity index (χ1) is 11.9. The number of carbonyl (C=O) groups is 3. The molecule has 0 atom stereocenters. The molecule has 1 aliphatic heterocycles. The number of hydrogen-bond donors (Lipinski definition) is 0. The van der Waals surface area contributed by atoms with Crippen molar-refractivity contribution in [2.24, 2.45) is 0 Å². The molecule has 0 aromatic heterocycles. The Morgan fingerprint density at radius 3 is 2.60 bits per heavy atom. The highest BCUT2D eigenvalue weighted by atomic mass is 32.2. The van der Waals surface area contributed by atoms with E-state index in [0.717, 1.165) is 11.3 Å². The van der Waals surface area contributed by atoms with Crippen LogP contribution in [0.4, 0.5) is 10.5 Å². The van der Waals surface area contributed by atoms with Gasteiger partial charge in [0.25, 0.3) is 16.8 Å². The lowest BCUT2D eigenvalue weighted by Crippen LogP contribution is -2.34. The number of hydrogen-bond acceptors (Lipinski definition) is 7. The fraction of sp³-hybridized carbons (Fsp3) is 0.312. The predicted octanol–water partition coefficient (Wildman–Crippen LogP) is 2.97. The normalized spacial score (nSPS) is 15.7. The van der Waals surface area contributed by atoms with E-state index < -0.39 is 28.6 Å². The predicted molar refractivity (Wildman–Crippen MR) is 91.6 cm³/mol. The molecule has 2 rings (SSSR count).